The van der Waals surface area contributed by atoms with Crippen molar-refractivity contribution in [2.45, 2.75) is 32.6 Å². The molecule has 0 bridgehead atoms. The Morgan fingerprint density at radius 1 is 1.03 bits per heavy atom. The highest BCUT2D eigenvalue weighted by atomic mass is 16.5. The van der Waals surface area contributed by atoms with Crippen LogP contribution in [0.25, 0.3) is 0 Å². The number of nitrogens with zero attached hydrogens (tertiary/aromatic N) is 3. The normalized spacial score (nSPS) is 12.0. The zero-order valence-electron chi connectivity index (χ0n) is 18.0. The van der Waals surface area contributed by atoms with Gasteiger partial charge in [0.05, 0.1) is 13.0 Å². The first kappa shape index (κ1) is 20.6. The molecule has 1 atom stereocenters. The van der Waals surface area contributed by atoms with Gasteiger partial charge < -0.3 is 15.0 Å². The molecule has 2 aromatic heterocycles. The molecular formula is C25H26N4O2. The number of anilines is 1. The number of aromatic nitrogens is 3. The van der Waals surface area contributed by atoms with E-state index >= 15 is 0 Å². The van der Waals surface area contributed by atoms with Crippen LogP contribution in [-0.2, 0) is 12.8 Å². The second-order valence-electron chi connectivity index (χ2n) is 7.72. The third kappa shape index (κ3) is 4.74. The average molecular weight is 415 g/mol. The maximum atomic E-state index is 5.97. The summed E-state index contributed by atoms with van der Waals surface area (Å²) in [5.74, 6) is 2.40. The van der Waals surface area contributed by atoms with Crippen LogP contribution in [0.3, 0.4) is 0 Å². The van der Waals surface area contributed by atoms with Crippen LogP contribution in [0.5, 0.6) is 5.75 Å². The Hall–Kier alpha value is -3.67. The van der Waals surface area contributed by atoms with Crippen LogP contribution < -0.4 is 10.5 Å². The smallest absolute Gasteiger partial charge is 0.234 e. The largest absolute Gasteiger partial charge is 0.497 e. The highest BCUT2D eigenvalue weighted by Gasteiger charge is 2.22. The third-order valence-corrected chi connectivity index (χ3v) is 5.59. The van der Waals surface area contributed by atoms with E-state index in [-0.39, 0.29) is 5.92 Å². The summed E-state index contributed by atoms with van der Waals surface area (Å²) in [7, 11) is 1.66. The summed E-state index contributed by atoms with van der Waals surface area (Å²) in [6, 6.07) is 18.3. The minimum atomic E-state index is -0.0690. The van der Waals surface area contributed by atoms with Crippen molar-refractivity contribution < 1.29 is 9.26 Å². The molecular weight excluding hydrogens is 388 g/mol. The van der Waals surface area contributed by atoms with E-state index in [4.69, 9.17) is 20.0 Å². The van der Waals surface area contributed by atoms with Crippen LogP contribution in [-0.4, -0.2) is 22.2 Å². The minimum Gasteiger partial charge on any atom is -0.497 e. The Morgan fingerprint density at radius 2 is 1.84 bits per heavy atom. The summed E-state index contributed by atoms with van der Waals surface area (Å²) in [4.78, 5) is 8.84. The molecule has 4 aromatic rings. The van der Waals surface area contributed by atoms with Crippen LogP contribution in [0.15, 0.2) is 65.3 Å². The van der Waals surface area contributed by atoms with Crippen molar-refractivity contribution in [1.82, 2.24) is 15.1 Å². The summed E-state index contributed by atoms with van der Waals surface area (Å²) in [5, 5.41) is 4.21. The summed E-state index contributed by atoms with van der Waals surface area (Å²) < 4.78 is 11.0. The van der Waals surface area contributed by atoms with Crippen molar-refractivity contribution in [2.24, 2.45) is 0 Å². The van der Waals surface area contributed by atoms with Crippen LogP contribution in [0.4, 0.5) is 5.82 Å². The molecule has 0 aliphatic heterocycles. The molecule has 2 N–H and O–H groups in total. The Kier molecular flexibility index (Phi) is 5.98. The molecule has 0 saturated heterocycles. The first-order valence-corrected chi connectivity index (χ1v) is 10.3. The number of rotatable bonds is 7. The fourth-order valence-electron chi connectivity index (χ4n) is 3.60. The first-order chi connectivity index (χ1) is 15.0. The molecule has 1 unspecified atom stereocenters. The maximum Gasteiger partial charge on any atom is 0.234 e. The molecule has 0 aliphatic carbocycles. The van der Waals surface area contributed by atoms with Gasteiger partial charge in [-0.3, -0.25) is 0 Å². The van der Waals surface area contributed by atoms with Crippen LogP contribution in [0.1, 0.15) is 45.5 Å². The van der Waals surface area contributed by atoms with E-state index in [1.807, 2.05) is 36.4 Å². The van der Waals surface area contributed by atoms with Crippen molar-refractivity contribution >= 4 is 5.82 Å². The van der Waals surface area contributed by atoms with Gasteiger partial charge in [0.15, 0.2) is 5.82 Å². The number of pyridine rings is 1. The number of hydrogen-bond acceptors (Lipinski definition) is 6. The van der Waals surface area contributed by atoms with Gasteiger partial charge in [0.2, 0.25) is 5.89 Å². The van der Waals surface area contributed by atoms with Gasteiger partial charge in [0.25, 0.3) is 0 Å². The second-order valence-corrected chi connectivity index (χ2v) is 7.72. The fourth-order valence-corrected chi connectivity index (χ4v) is 3.60. The van der Waals surface area contributed by atoms with E-state index in [9.17, 15) is 0 Å². The highest BCUT2D eigenvalue weighted by Crippen LogP contribution is 2.30. The van der Waals surface area contributed by atoms with Crippen molar-refractivity contribution in [3.63, 3.8) is 0 Å². The van der Waals surface area contributed by atoms with Crippen molar-refractivity contribution in [2.75, 3.05) is 12.8 Å². The van der Waals surface area contributed by atoms with E-state index < -0.39 is 0 Å². The lowest BCUT2D eigenvalue weighted by molar-refractivity contribution is 0.360. The molecule has 0 fully saturated rings. The molecule has 2 aromatic carbocycles. The van der Waals surface area contributed by atoms with Crippen molar-refractivity contribution in [1.29, 1.82) is 0 Å². The average Bonchev–Trinajstić information content (AvgIpc) is 3.24. The Bertz CT molecular complexity index is 1170. The monoisotopic (exact) mass is 414 g/mol. The summed E-state index contributed by atoms with van der Waals surface area (Å²) in [6.45, 7) is 4.25. The Balaban J connectivity index is 1.65. The lowest BCUT2D eigenvalue weighted by Crippen LogP contribution is -2.07. The number of ether oxygens (including phenoxy) is 1. The number of methoxy groups -OCH3 is 1. The van der Waals surface area contributed by atoms with Crippen molar-refractivity contribution in [3.05, 3.63) is 100 Å². The number of hydrogen-bond donors (Lipinski definition) is 1. The molecule has 2 heterocycles. The van der Waals surface area contributed by atoms with E-state index in [2.05, 4.69) is 42.2 Å². The SMILES string of the molecule is COc1ccc(C(Cc2ccc(C)c(C)c2)c2nc(Cc3cccnc3N)no2)cc1. The number of aryl methyl sites for hydroxylation is 2. The van der Waals surface area contributed by atoms with Gasteiger partial charge in [-0.05, 0) is 60.7 Å². The lowest BCUT2D eigenvalue weighted by Gasteiger charge is -2.15. The molecule has 31 heavy (non-hydrogen) atoms. The zero-order valence-corrected chi connectivity index (χ0v) is 18.0. The molecule has 6 heteroatoms. The zero-order chi connectivity index (χ0) is 21.8. The molecule has 0 amide bonds. The molecule has 0 radical (unpaired) electrons. The molecule has 6 nitrogen and oxygen atoms in total. The lowest BCUT2D eigenvalue weighted by atomic mass is 9.90. The molecule has 158 valence electrons. The van der Waals surface area contributed by atoms with E-state index in [0.29, 0.717) is 24.0 Å². The third-order valence-electron chi connectivity index (χ3n) is 5.59. The predicted octanol–water partition coefficient (Wildman–Crippen LogP) is 4.64. The van der Waals surface area contributed by atoms with E-state index in [1.165, 1.54) is 16.7 Å². The second kappa shape index (κ2) is 9.00. The molecule has 0 aliphatic rings. The summed E-state index contributed by atoms with van der Waals surface area (Å²) in [6.07, 6.45) is 2.90. The van der Waals surface area contributed by atoms with Crippen LogP contribution in [0, 0.1) is 13.8 Å². The van der Waals surface area contributed by atoms with Gasteiger partial charge in [-0.1, -0.05) is 41.6 Å². The first-order valence-electron chi connectivity index (χ1n) is 10.3. The standard InChI is InChI=1S/C25H26N4O2/c1-16-6-7-18(13-17(16)2)14-22(19-8-10-21(30-3)11-9-19)25-28-23(29-31-25)15-20-5-4-12-27-24(20)26/h4-13,22H,14-15H2,1-3H3,(H2,26,27). The predicted molar refractivity (Wildman–Crippen MR) is 120 cm³/mol. The van der Waals surface area contributed by atoms with Gasteiger partial charge in [0, 0.05) is 18.2 Å². The fraction of sp³-hybridized carbons (Fsp3) is 0.240. The maximum absolute atomic E-state index is 5.97. The summed E-state index contributed by atoms with van der Waals surface area (Å²) >= 11 is 0. The molecule has 4 rings (SSSR count). The molecule has 0 saturated carbocycles. The molecule has 0 spiro atoms. The van der Waals surface area contributed by atoms with Crippen molar-refractivity contribution in [3.8, 4) is 5.75 Å². The number of benzene rings is 2. The number of nitrogen functional groups attached to an aromatic ring is 1. The van der Waals surface area contributed by atoms with E-state index in [0.717, 1.165) is 23.3 Å². The van der Waals surface area contributed by atoms with E-state index in [1.54, 1.807) is 13.3 Å². The van der Waals surface area contributed by atoms with Gasteiger partial charge >= 0.3 is 0 Å². The van der Waals surface area contributed by atoms with Gasteiger partial charge in [-0.15, -0.1) is 0 Å². The Morgan fingerprint density at radius 3 is 2.55 bits per heavy atom. The topological polar surface area (TPSA) is 87.1 Å². The minimum absolute atomic E-state index is 0.0690. The van der Waals surface area contributed by atoms with Gasteiger partial charge in [-0.25, -0.2) is 4.98 Å². The summed E-state index contributed by atoms with van der Waals surface area (Å²) in [5.41, 5.74) is 11.7. The number of nitrogens with two attached hydrogens (primary N) is 1. The quantitative estimate of drug-likeness (QED) is 0.474. The Labute approximate surface area is 182 Å². The van der Waals surface area contributed by atoms with Crippen LogP contribution >= 0.6 is 0 Å². The van der Waals surface area contributed by atoms with Crippen LogP contribution in [0.2, 0.25) is 0 Å². The van der Waals surface area contributed by atoms with Gasteiger partial charge in [0.1, 0.15) is 11.6 Å². The van der Waals surface area contributed by atoms with Gasteiger partial charge in [-0.2, -0.15) is 4.98 Å². The highest BCUT2D eigenvalue weighted by molar-refractivity contribution is 5.40.